The van der Waals surface area contributed by atoms with Crippen molar-refractivity contribution in [2.75, 3.05) is 31.6 Å². The Morgan fingerprint density at radius 1 is 1.45 bits per heavy atom. The van der Waals surface area contributed by atoms with Gasteiger partial charge in [-0.25, -0.2) is 0 Å². The Morgan fingerprint density at radius 2 is 2.27 bits per heavy atom. The van der Waals surface area contributed by atoms with E-state index < -0.39 is 4.92 Å². The van der Waals surface area contributed by atoms with Gasteiger partial charge in [0.05, 0.1) is 4.92 Å². The van der Waals surface area contributed by atoms with Gasteiger partial charge in [-0.2, -0.15) is 0 Å². The summed E-state index contributed by atoms with van der Waals surface area (Å²) < 4.78 is 0. The third-order valence-electron chi connectivity index (χ3n) is 4.66. The minimum Gasteiger partial charge on any atom is -0.366 e. The summed E-state index contributed by atoms with van der Waals surface area (Å²) in [6.45, 7) is 2.66. The summed E-state index contributed by atoms with van der Waals surface area (Å²) in [7, 11) is 1.51. The van der Waals surface area contributed by atoms with Crippen molar-refractivity contribution in [2.45, 2.75) is 18.9 Å². The van der Waals surface area contributed by atoms with Gasteiger partial charge in [-0.05, 0) is 37.4 Å². The van der Waals surface area contributed by atoms with Crippen LogP contribution in [0, 0.1) is 16.0 Å². The van der Waals surface area contributed by atoms with Crippen LogP contribution < -0.4 is 15.5 Å². The predicted molar refractivity (Wildman–Crippen MR) is 83.2 cm³/mol. The largest absolute Gasteiger partial charge is 0.366 e. The Labute approximate surface area is 128 Å². The highest BCUT2D eigenvalue weighted by atomic mass is 16.6. The highest BCUT2D eigenvalue weighted by molar-refractivity contribution is 5.95. The van der Waals surface area contributed by atoms with E-state index in [1.54, 1.807) is 12.1 Å². The minimum atomic E-state index is -0.402. The maximum absolute atomic E-state index is 11.7. The van der Waals surface area contributed by atoms with Crippen LogP contribution in [0.25, 0.3) is 0 Å². The summed E-state index contributed by atoms with van der Waals surface area (Å²) >= 11 is 0. The molecule has 2 aliphatic heterocycles. The lowest BCUT2D eigenvalue weighted by Gasteiger charge is -2.36. The summed E-state index contributed by atoms with van der Waals surface area (Å²) in [5, 5.41) is 17.4. The minimum absolute atomic E-state index is 0.00510. The van der Waals surface area contributed by atoms with Gasteiger partial charge in [0.2, 0.25) is 0 Å². The fourth-order valence-electron chi connectivity index (χ4n) is 3.49. The van der Waals surface area contributed by atoms with Gasteiger partial charge in [-0.1, -0.05) is 0 Å². The van der Waals surface area contributed by atoms with Crippen molar-refractivity contribution < 1.29 is 9.72 Å². The van der Waals surface area contributed by atoms with E-state index in [0.717, 1.165) is 32.5 Å². The molecule has 2 N–H and O–H groups in total. The average molecular weight is 304 g/mol. The number of nitro benzene ring substituents is 1. The number of nitrogens with zero attached hydrogens (tertiary/aromatic N) is 2. The number of anilines is 1. The molecule has 0 aromatic heterocycles. The Bertz CT molecular complexity index is 604. The van der Waals surface area contributed by atoms with Crippen molar-refractivity contribution in [1.29, 1.82) is 0 Å². The highest BCUT2D eigenvalue weighted by Crippen LogP contribution is 2.34. The van der Waals surface area contributed by atoms with Crippen LogP contribution in [0.4, 0.5) is 11.4 Å². The number of piperidine rings is 1. The first-order valence-electron chi connectivity index (χ1n) is 7.59. The molecule has 0 saturated carbocycles. The van der Waals surface area contributed by atoms with Gasteiger partial charge in [0.1, 0.15) is 5.69 Å². The van der Waals surface area contributed by atoms with Crippen LogP contribution in [0.5, 0.6) is 0 Å². The van der Waals surface area contributed by atoms with Crippen LogP contribution in [0.2, 0.25) is 0 Å². The number of carbonyl (C=O) groups is 1. The molecule has 22 heavy (non-hydrogen) atoms. The van der Waals surface area contributed by atoms with E-state index in [1.807, 2.05) is 0 Å². The smallest absolute Gasteiger partial charge is 0.293 e. The van der Waals surface area contributed by atoms with Crippen LogP contribution in [0.1, 0.15) is 23.2 Å². The summed E-state index contributed by atoms with van der Waals surface area (Å²) in [5.41, 5.74) is 0.934. The lowest BCUT2D eigenvalue weighted by Crippen LogP contribution is -2.44. The zero-order valence-corrected chi connectivity index (χ0v) is 12.5. The van der Waals surface area contributed by atoms with Crippen molar-refractivity contribution in [3.05, 3.63) is 33.9 Å². The second-order valence-electron chi connectivity index (χ2n) is 5.88. The van der Waals surface area contributed by atoms with E-state index in [1.165, 1.54) is 13.1 Å². The number of nitrogens with one attached hydrogen (secondary N) is 2. The molecule has 2 saturated heterocycles. The molecule has 1 aromatic rings. The Kier molecular flexibility index (Phi) is 3.98. The molecule has 118 valence electrons. The van der Waals surface area contributed by atoms with Crippen molar-refractivity contribution in [2.24, 2.45) is 5.92 Å². The first kappa shape index (κ1) is 14.8. The summed E-state index contributed by atoms with van der Waals surface area (Å²) in [5.74, 6) is 0.236. The zero-order chi connectivity index (χ0) is 15.7. The number of hydrogen-bond donors (Lipinski definition) is 2. The average Bonchev–Trinajstić information content (AvgIpc) is 3.01. The van der Waals surface area contributed by atoms with Crippen LogP contribution >= 0.6 is 0 Å². The summed E-state index contributed by atoms with van der Waals surface area (Å²) in [6.07, 6.45) is 2.12. The van der Waals surface area contributed by atoms with Crippen molar-refractivity contribution in [1.82, 2.24) is 10.6 Å². The Balaban J connectivity index is 1.89. The summed E-state index contributed by atoms with van der Waals surface area (Å²) in [6, 6.07) is 5.26. The maximum Gasteiger partial charge on any atom is 0.293 e. The molecule has 0 radical (unpaired) electrons. The molecule has 2 atom stereocenters. The molecule has 3 rings (SSSR count). The van der Waals surface area contributed by atoms with Gasteiger partial charge in [0.25, 0.3) is 11.6 Å². The van der Waals surface area contributed by atoms with Crippen LogP contribution in [-0.2, 0) is 0 Å². The lowest BCUT2D eigenvalue weighted by atomic mass is 9.93. The lowest BCUT2D eigenvalue weighted by molar-refractivity contribution is -0.384. The van der Waals surface area contributed by atoms with Crippen molar-refractivity contribution >= 4 is 17.3 Å². The van der Waals surface area contributed by atoms with E-state index in [4.69, 9.17) is 0 Å². The fraction of sp³-hybridized carbons (Fsp3) is 0.533. The van der Waals surface area contributed by atoms with Gasteiger partial charge in [-0.3, -0.25) is 14.9 Å². The van der Waals surface area contributed by atoms with Gasteiger partial charge in [-0.15, -0.1) is 0 Å². The van der Waals surface area contributed by atoms with Crippen molar-refractivity contribution in [3.63, 3.8) is 0 Å². The van der Waals surface area contributed by atoms with E-state index in [2.05, 4.69) is 15.5 Å². The van der Waals surface area contributed by atoms with E-state index in [-0.39, 0.29) is 11.6 Å². The first-order valence-corrected chi connectivity index (χ1v) is 7.59. The third kappa shape index (κ3) is 2.64. The molecule has 0 bridgehead atoms. The molecule has 0 aliphatic carbocycles. The highest BCUT2D eigenvalue weighted by Gasteiger charge is 2.34. The van der Waals surface area contributed by atoms with Crippen LogP contribution in [-0.4, -0.2) is 43.6 Å². The second-order valence-corrected chi connectivity index (χ2v) is 5.88. The Morgan fingerprint density at radius 3 is 3.00 bits per heavy atom. The maximum atomic E-state index is 11.7. The number of carbonyl (C=O) groups excluding carboxylic acids is 1. The van der Waals surface area contributed by atoms with Gasteiger partial charge < -0.3 is 15.5 Å². The van der Waals surface area contributed by atoms with Crippen molar-refractivity contribution in [3.8, 4) is 0 Å². The molecule has 1 amide bonds. The number of nitro groups is 1. The van der Waals surface area contributed by atoms with Gasteiger partial charge in [0, 0.05) is 37.8 Å². The number of amides is 1. The van der Waals surface area contributed by atoms with Gasteiger partial charge in [0.15, 0.2) is 0 Å². The monoisotopic (exact) mass is 304 g/mol. The molecular weight excluding hydrogens is 284 g/mol. The quantitative estimate of drug-likeness (QED) is 0.646. The molecule has 0 spiro atoms. The third-order valence-corrected chi connectivity index (χ3v) is 4.66. The van der Waals surface area contributed by atoms with E-state index >= 15 is 0 Å². The van der Waals surface area contributed by atoms with Gasteiger partial charge >= 0.3 is 0 Å². The molecule has 2 unspecified atom stereocenters. The predicted octanol–water partition coefficient (Wildman–Crippen LogP) is 1.14. The molecule has 7 nitrogen and oxygen atoms in total. The van der Waals surface area contributed by atoms with E-state index in [0.29, 0.717) is 23.2 Å². The summed E-state index contributed by atoms with van der Waals surface area (Å²) in [4.78, 5) is 24.7. The van der Waals surface area contributed by atoms with Crippen LogP contribution in [0.3, 0.4) is 0 Å². The van der Waals surface area contributed by atoms with Crippen LogP contribution in [0.15, 0.2) is 18.2 Å². The SMILES string of the molecule is CNC(=O)c1ccc(N2CCC3NCCC3C2)c([N+](=O)[O-])c1. The fourth-order valence-corrected chi connectivity index (χ4v) is 3.49. The topological polar surface area (TPSA) is 87.5 Å². The molecule has 2 fully saturated rings. The Hall–Kier alpha value is -2.15. The number of rotatable bonds is 3. The molecule has 1 aromatic carbocycles. The number of hydrogen-bond acceptors (Lipinski definition) is 5. The second kappa shape index (κ2) is 5.92. The number of benzene rings is 1. The first-order chi connectivity index (χ1) is 10.6. The van der Waals surface area contributed by atoms with E-state index in [9.17, 15) is 14.9 Å². The normalized spacial score (nSPS) is 24.0. The molecular formula is C15H20N4O3. The number of fused-ring (bicyclic) bond motifs is 1. The molecule has 2 aliphatic rings. The standard InChI is InChI=1S/C15H20N4O3/c1-16-15(20)10-2-3-13(14(8-10)19(21)22)18-7-5-12-11(9-18)4-6-17-12/h2-3,8,11-12,17H,4-7,9H2,1H3,(H,16,20). The zero-order valence-electron chi connectivity index (χ0n) is 12.5. The molecule has 2 heterocycles. The molecule has 7 heteroatoms.